The first-order valence-electron chi connectivity index (χ1n) is 14.3. The van der Waals surface area contributed by atoms with Crippen molar-refractivity contribution in [1.82, 2.24) is 9.97 Å². The summed E-state index contributed by atoms with van der Waals surface area (Å²) in [5.74, 6) is -1.11. The number of ether oxygens (including phenoxy) is 3. The van der Waals surface area contributed by atoms with Gasteiger partial charge in [-0.1, -0.05) is 70.2 Å². The molecule has 1 atom stereocenters. The average Bonchev–Trinajstić information content (AvgIpc) is 2.99. The zero-order chi connectivity index (χ0) is 30.4. The zero-order valence-corrected chi connectivity index (χ0v) is 24.0. The minimum atomic E-state index is -4.92. The molecule has 3 aromatic rings. The fourth-order valence-corrected chi connectivity index (χ4v) is 4.05. The predicted molar refractivity (Wildman–Crippen MR) is 153 cm³/mol. The Morgan fingerprint density at radius 3 is 2.00 bits per heavy atom. The second-order valence-corrected chi connectivity index (χ2v) is 9.87. The van der Waals surface area contributed by atoms with Gasteiger partial charge in [-0.2, -0.15) is 13.2 Å². The van der Waals surface area contributed by atoms with Crippen molar-refractivity contribution >= 4 is 11.9 Å². The van der Waals surface area contributed by atoms with Gasteiger partial charge in [-0.25, -0.2) is 14.8 Å². The van der Waals surface area contributed by atoms with Gasteiger partial charge in [0.25, 0.3) is 0 Å². The summed E-state index contributed by atoms with van der Waals surface area (Å²) in [5.41, 5.74) is 2.18. The van der Waals surface area contributed by atoms with Crippen molar-refractivity contribution in [2.24, 2.45) is 0 Å². The van der Waals surface area contributed by atoms with Crippen LogP contribution in [-0.2, 0) is 14.3 Å². The smallest absolute Gasteiger partial charge is 0.426 e. The molecule has 0 N–H and O–H groups in total. The van der Waals surface area contributed by atoms with E-state index < -0.39 is 30.6 Å². The number of nitrogens with zero attached hydrogens (tertiary/aromatic N) is 2. The van der Waals surface area contributed by atoms with Crippen LogP contribution in [0.25, 0.3) is 22.5 Å². The van der Waals surface area contributed by atoms with Gasteiger partial charge in [0.2, 0.25) is 6.10 Å². The molecule has 226 valence electrons. The Bertz CT molecular complexity index is 1250. The minimum absolute atomic E-state index is 0.0114. The van der Waals surface area contributed by atoms with E-state index in [9.17, 15) is 22.8 Å². The van der Waals surface area contributed by atoms with Gasteiger partial charge in [0.1, 0.15) is 5.75 Å². The van der Waals surface area contributed by atoms with Crippen molar-refractivity contribution in [3.63, 3.8) is 0 Å². The highest BCUT2D eigenvalue weighted by molar-refractivity contribution is 5.90. The van der Waals surface area contributed by atoms with Crippen LogP contribution in [0.15, 0.2) is 60.9 Å². The fourth-order valence-electron chi connectivity index (χ4n) is 4.05. The van der Waals surface area contributed by atoms with Crippen molar-refractivity contribution in [1.29, 1.82) is 0 Å². The summed E-state index contributed by atoms with van der Waals surface area (Å²) in [5, 5.41) is 0. The monoisotopic (exact) mass is 586 g/mol. The maximum absolute atomic E-state index is 13.3. The molecule has 3 rings (SSSR count). The number of hydrogen-bond acceptors (Lipinski definition) is 7. The van der Waals surface area contributed by atoms with Crippen LogP contribution in [0.2, 0.25) is 0 Å². The van der Waals surface area contributed by atoms with E-state index in [4.69, 9.17) is 9.47 Å². The Kier molecular flexibility index (Phi) is 12.8. The Balaban J connectivity index is 1.55. The second-order valence-electron chi connectivity index (χ2n) is 9.87. The quantitative estimate of drug-likeness (QED) is 0.124. The molecule has 42 heavy (non-hydrogen) atoms. The van der Waals surface area contributed by atoms with Crippen LogP contribution in [0.3, 0.4) is 0 Å². The first kappa shape index (κ1) is 32.6. The molecule has 0 bridgehead atoms. The maximum Gasteiger partial charge on any atom is 0.426 e. The number of aromatic nitrogens is 2. The van der Waals surface area contributed by atoms with Crippen LogP contribution >= 0.6 is 0 Å². The number of benzene rings is 2. The number of carbonyl (C=O) groups excluding carboxylic acids is 2. The molecule has 0 amide bonds. The molecule has 1 unspecified atom stereocenters. The third kappa shape index (κ3) is 10.5. The van der Waals surface area contributed by atoms with Crippen LogP contribution in [0.1, 0.15) is 75.6 Å². The minimum Gasteiger partial charge on any atom is -0.494 e. The Hall–Kier alpha value is -3.95. The van der Waals surface area contributed by atoms with Gasteiger partial charge >= 0.3 is 18.1 Å². The van der Waals surface area contributed by atoms with Gasteiger partial charge in [0.05, 0.1) is 25.2 Å². The van der Waals surface area contributed by atoms with Crippen LogP contribution in [0, 0.1) is 0 Å². The number of alkyl halides is 3. The summed E-state index contributed by atoms with van der Waals surface area (Å²) in [7, 11) is 0. The lowest BCUT2D eigenvalue weighted by Crippen LogP contribution is -2.36. The van der Waals surface area contributed by atoms with Crippen molar-refractivity contribution in [2.45, 2.75) is 77.5 Å². The van der Waals surface area contributed by atoms with Gasteiger partial charge in [0.15, 0.2) is 5.82 Å². The van der Waals surface area contributed by atoms with Crippen LogP contribution in [-0.4, -0.2) is 47.4 Å². The Morgan fingerprint density at radius 1 is 0.762 bits per heavy atom. The molecule has 0 aliphatic carbocycles. The van der Waals surface area contributed by atoms with Crippen molar-refractivity contribution in [2.75, 3.05) is 13.2 Å². The first-order valence-corrected chi connectivity index (χ1v) is 14.3. The molecule has 7 nitrogen and oxygen atoms in total. The lowest BCUT2D eigenvalue weighted by atomic mass is 10.1. The average molecular weight is 587 g/mol. The molecule has 1 heterocycles. The summed E-state index contributed by atoms with van der Waals surface area (Å²) in [4.78, 5) is 32.8. The fraction of sp³-hybridized carbons (Fsp3) is 0.438. The highest BCUT2D eigenvalue weighted by Crippen LogP contribution is 2.28. The number of halogens is 3. The van der Waals surface area contributed by atoms with E-state index in [1.807, 2.05) is 24.3 Å². The normalized spacial score (nSPS) is 12.0. The number of esters is 2. The Morgan fingerprint density at radius 2 is 1.38 bits per heavy atom. The van der Waals surface area contributed by atoms with Crippen molar-refractivity contribution in [3.8, 4) is 28.3 Å². The summed E-state index contributed by atoms with van der Waals surface area (Å²) in [6.45, 7) is 4.60. The number of rotatable bonds is 16. The van der Waals surface area contributed by atoms with Crippen molar-refractivity contribution < 1.29 is 37.0 Å². The lowest BCUT2D eigenvalue weighted by molar-refractivity contribution is -0.210. The topological polar surface area (TPSA) is 87.6 Å². The third-order valence-corrected chi connectivity index (χ3v) is 6.42. The molecule has 0 aliphatic rings. The molecular formula is C32H37F3N2O5. The molecule has 0 spiro atoms. The predicted octanol–water partition coefficient (Wildman–Crippen LogP) is 7.98. The molecule has 0 saturated carbocycles. The highest BCUT2D eigenvalue weighted by Gasteiger charge is 2.44. The van der Waals surface area contributed by atoms with Crippen LogP contribution in [0.5, 0.6) is 5.75 Å². The van der Waals surface area contributed by atoms with E-state index in [1.54, 1.807) is 19.3 Å². The first-order chi connectivity index (χ1) is 20.2. The van der Waals surface area contributed by atoms with Crippen LogP contribution < -0.4 is 4.74 Å². The van der Waals surface area contributed by atoms with Gasteiger partial charge in [-0.3, -0.25) is 4.79 Å². The largest absolute Gasteiger partial charge is 0.494 e. The third-order valence-electron chi connectivity index (χ3n) is 6.42. The lowest BCUT2D eigenvalue weighted by Gasteiger charge is -2.20. The van der Waals surface area contributed by atoms with Gasteiger partial charge in [-0.05, 0) is 42.7 Å². The van der Waals surface area contributed by atoms with E-state index in [2.05, 4.69) is 21.6 Å². The molecule has 0 aliphatic heterocycles. The summed E-state index contributed by atoms with van der Waals surface area (Å²) >= 11 is 0. The molecule has 10 heteroatoms. The maximum atomic E-state index is 13.3. The standard InChI is InChI=1S/C32H37F3N2O5/c1-3-5-6-7-8-9-19-40-27-16-14-23(15-17-27)26-21-36-30(37-22-26)24-10-12-25(13-11-24)31(39)42-28(32(33,34)35)20-29(38)41-18-4-2/h10-17,21-22,28H,3-9,18-20H2,1-2H3. The van der Waals surface area contributed by atoms with Gasteiger partial charge < -0.3 is 14.2 Å². The van der Waals surface area contributed by atoms with Gasteiger partial charge in [0, 0.05) is 23.5 Å². The summed E-state index contributed by atoms with van der Waals surface area (Å²) in [6, 6.07) is 13.4. The second kappa shape index (κ2) is 16.5. The van der Waals surface area contributed by atoms with E-state index in [-0.39, 0.29) is 12.2 Å². The van der Waals surface area contributed by atoms with E-state index in [0.29, 0.717) is 24.4 Å². The number of hydrogen-bond donors (Lipinski definition) is 0. The zero-order valence-electron chi connectivity index (χ0n) is 24.0. The number of carbonyl (C=O) groups is 2. The summed E-state index contributed by atoms with van der Waals surface area (Å²) in [6.07, 6.45) is 2.41. The summed E-state index contributed by atoms with van der Waals surface area (Å²) < 4.78 is 55.2. The molecule has 2 aromatic carbocycles. The molecule has 1 aromatic heterocycles. The molecule has 0 fully saturated rings. The molecule has 0 saturated heterocycles. The Labute approximate surface area is 244 Å². The van der Waals surface area contributed by atoms with Crippen LogP contribution in [0.4, 0.5) is 13.2 Å². The number of unbranched alkanes of at least 4 members (excludes halogenated alkanes) is 5. The highest BCUT2D eigenvalue weighted by atomic mass is 19.4. The van der Waals surface area contributed by atoms with E-state index in [0.717, 1.165) is 23.3 Å². The molecular weight excluding hydrogens is 549 g/mol. The van der Waals surface area contributed by atoms with E-state index >= 15 is 0 Å². The molecule has 0 radical (unpaired) electrons. The van der Waals surface area contributed by atoms with Gasteiger partial charge in [-0.15, -0.1) is 0 Å². The van der Waals surface area contributed by atoms with E-state index in [1.165, 1.54) is 56.4 Å². The van der Waals surface area contributed by atoms with Crippen molar-refractivity contribution in [3.05, 3.63) is 66.5 Å². The SMILES string of the molecule is CCCCCCCCOc1ccc(-c2cnc(-c3ccc(C(=O)OC(CC(=O)OCCC)C(F)(F)F)cc3)nc2)cc1.